The van der Waals surface area contributed by atoms with Gasteiger partial charge in [0, 0.05) is 11.1 Å². The molecule has 1 amide bonds. The number of amides is 1. The number of carbonyl (C=O) groups is 1. The predicted molar refractivity (Wildman–Crippen MR) is 73.2 cm³/mol. The van der Waals surface area contributed by atoms with Gasteiger partial charge in [-0.05, 0) is 30.7 Å². The maximum absolute atomic E-state index is 11.6. The summed E-state index contributed by atoms with van der Waals surface area (Å²) in [6, 6.07) is 6.11. The first-order chi connectivity index (χ1) is 8.99. The Morgan fingerprint density at radius 2 is 2.00 bits per heavy atom. The molecule has 1 unspecified atom stereocenters. The number of anilines is 1. The summed E-state index contributed by atoms with van der Waals surface area (Å²) in [5, 5.41) is 21.0. The van der Waals surface area contributed by atoms with Gasteiger partial charge < -0.3 is 14.9 Å². The lowest BCUT2D eigenvalue weighted by atomic mass is 9.88. The van der Waals surface area contributed by atoms with Gasteiger partial charge in [0.05, 0.1) is 6.61 Å². The highest BCUT2D eigenvalue weighted by Crippen LogP contribution is 2.23. The number of hydrogen-bond donors (Lipinski definition) is 3. The molecule has 3 N–H and O–H groups in total. The highest BCUT2D eigenvalue weighted by molar-refractivity contribution is 5.84. The molecule has 5 nitrogen and oxygen atoms in total. The first-order valence-electron chi connectivity index (χ1n) is 6.33. The standard InChI is InChI=1S/C14H21NO4/c1-3-8-14(2,9-16)10-19-13(18)15-11-4-6-12(17)7-5-11/h4-7,16-17H,3,8-10H2,1-2H3,(H,15,18). The normalized spacial score (nSPS) is 13.6. The second-order valence-corrected chi connectivity index (χ2v) is 4.97. The number of phenols is 1. The average Bonchev–Trinajstić information content (AvgIpc) is 2.40. The molecule has 0 saturated carbocycles. The molecule has 0 heterocycles. The molecule has 0 bridgehead atoms. The zero-order chi connectivity index (χ0) is 14.3. The Balaban J connectivity index is 2.45. The number of aliphatic hydroxyl groups excluding tert-OH is 1. The zero-order valence-electron chi connectivity index (χ0n) is 11.3. The molecular formula is C14H21NO4. The number of benzene rings is 1. The van der Waals surface area contributed by atoms with Crippen molar-refractivity contribution in [2.45, 2.75) is 26.7 Å². The summed E-state index contributed by atoms with van der Waals surface area (Å²) in [6.45, 7) is 4.04. The number of phenolic OH excluding ortho intramolecular Hbond substituents is 1. The van der Waals surface area contributed by atoms with Crippen LogP contribution in [0.4, 0.5) is 10.5 Å². The molecule has 0 aliphatic heterocycles. The molecule has 106 valence electrons. The molecule has 0 fully saturated rings. The highest BCUT2D eigenvalue weighted by atomic mass is 16.5. The second kappa shape index (κ2) is 6.99. The van der Waals surface area contributed by atoms with E-state index in [0.717, 1.165) is 12.8 Å². The second-order valence-electron chi connectivity index (χ2n) is 4.97. The first-order valence-corrected chi connectivity index (χ1v) is 6.33. The van der Waals surface area contributed by atoms with Gasteiger partial charge in [-0.25, -0.2) is 4.79 Å². The number of ether oxygens (including phenoxy) is 1. The third-order valence-corrected chi connectivity index (χ3v) is 2.90. The van der Waals surface area contributed by atoms with Crippen LogP contribution in [0.25, 0.3) is 0 Å². The molecule has 1 atom stereocenters. The summed E-state index contributed by atoms with van der Waals surface area (Å²) in [5.74, 6) is 0.134. The minimum atomic E-state index is -0.568. The van der Waals surface area contributed by atoms with Crippen LogP contribution >= 0.6 is 0 Å². The van der Waals surface area contributed by atoms with E-state index in [2.05, 4.69) is 5.32 Å². The molecule has 19 heavy (non-hydrogen) atoms. The predicted octanol–water partition coefficient (Wildman–Crippen LogP) is 2.74. The summed E-state index contributed by atoms with van der Waals surface area (Å²) >= 11 is 0. The fourth-order valence-corrected chi connectivity index (χ4v) is 1.74. The van der Waals surface area contributed by atoms with Crippen LogP contribution in [0.2, 0.25) is 0 Å². The molecule has 5 heteroatoms. The molecule has 1 rings (SSSR count). The molecule has 0 saturated heterocycles. The smallest absolute Gasteiger partial charge is 0.411 e. The van der Waals surface area contributed by atoms with E-state index in [-0.39, 0.29) is 19.0 Å². The number of aliphatic hydroxyl groups is 1. The SMILES string of the molecule is CCCC(C)(CO)COC(=O)Nc1ccc(O)cc1. The van der Waals surface area contributed by atoms with Gasteiger partial charge in [0.15, 0.2) is 0 Å². The molecule has 0 spiro atoms. The van der Waals surface area contributed by atoms with Gasteiger partial charge in [-0.2, -0.15) is 0 Å². The highest BCUT2D eigenvalue weighted by Gasteiger charge is 2.24. The van der Waals surface area contributed by atoms with E-state index in [1.165, 1.54) is 12.1 Å². The molecule has 0 aliphatic rings. The van der Waals surface area contributed by atoms with Gasteiger partial charge >= 0.3 is 6.09 Å². The van der Waals surface area contributed by atoms with Crippen molar-refractivity contribution in [1.29, 1.82) is 0 Å². The maximum Gasteiger partial charge on any atom is 0.411 e. The fraction of sp³-hybridized carbons (Fsp3) is 0.500. The van der Waals surface area contributed by atoms with Crippen LogP contribution in [0.1, 0.15) is 26.7 Å². The van der Waals surface area contributed by atoms with E-state index in [1.54, 1.807) is 12.1 Å². The van der Waals surface area contributed by atoms with Crippen LogP contribution in [0.5, 0.6) is 5.75 Å². The van der Waals surface area contributed by atoms with Crippen molar-refractivity contribution in [2.24, 2.45) is 5.41 Å². The van der Waals surface area contributed by atoms with E-state index in [1.807, 2.05) is 13.8 Å². The number of hydrogen-bond acceptors (Lipinski definition) is 4. The Labute approximate surface area is 113 Å². The Hall–Kier alpha value is -1.75. The van der Waals surface area contributed by atoms with Gasteiger partial charge in [-0.1, -0.05) is 20.3 Å². The Morgan fingerprint density at radius 1 is 1.37 bits per heavy atom. The van der Waals surface area contributed by atoms with Crippen molar-refractivity contribution in [3.05, 3.63) is 24.3 Å². The van der Waals surface area contributed by atoms with Crippen LogP contribution in [0, 0.1) is 5.41 Å². The van der Waals surface area contributed by atoms with Gasteiger partial charge in [0.25, 0.3) is 0 Å². The van der Waals surface area contributed by atoms with Crippen LogP contribution in [0.15, 0.2) is 24.3 Å². The monoisotopic (exact) mass is 267 g/mol. The van der Waals surface area contributed by atoms with Gasteiger partial charge in [-0.15, -0.1) is 0 Å². The van der Waals surface area contributed by atoms with Crippen LogP contribution in [-0.4, -0.2) is 29.5 Å². The summed E-state index contributed by atoms with van der Waals surface area (Å²) in [5.41, 5.74) is 0.144. The minimum Gasteiger partial charge on any atom is -0.508 e. The molecule has 0 aliphatic carbocycles. The maximum atomic E-state index is 11.6. The van der Waals surface area contributed by atoms with Gasteiger partial charge in [0.2, 0.25) is 0 Å². The van der Waals surface area contributed by atoms with Crippen molar-refractivity contribution in [3.8, 4) is 5.75 Å². The van der Waals surface area contributed by atoms with Crippen molar-refractivity contribution in [2.75, 3.05) is 18.5 Å². The number of carbonyl (C=O) groups excluding carboxylic acids is 1. The van der Waals surface area contributed by atoms with Crippen molar-refractivity contribution >= 4 is 11.8 Å². The largest absolute Gasteiger partial charge is 0.508 e. The lowest BCUT2D eigenvalue weighted by Gasteiger charge is -2.26. The number of rotatable bonds is 6. The van der Waals surface area contributed by atoms with Crippen LogP contribution in [0.3, 0.4) is 0 Å². The quantitative estimate of drug-likeness (QED) is 0.692. The first kappa shape index (κ1) is 15.3. The number of aromatic hydroxyl groups is 1. The Bertz CT molecular complexity index is 404. The third-order valence-electron chi connectivity index (χ3n) is 2.90. The molecule has 0 radical (unpaired) electrons. The van der Waals surface area contributed by atoms with E-state index in [9.17, 15) is 9.90 Å². The lowest BCUT2D eigenvalue weighted by molar-refractivity contribution is 0.0489. The van der Waals surface area contributed by atoms with Crippen molar-refractivity contribution < 1.29 is 19.7 Å². The Morgan fingerprint density at radius 3 is 2.53 bits per heavy atom. The van der Waals surface area contributed by atoms with E-state index < -0.39 is 11.5 Å². The molecule has 1 aromatic carbocycles. The minimum absolute atomic E-state index is 0.0205. The average molecular weight is 267 g/mol. The molecule has 0 aromatic heterocycles. The fourth-order valence-electron chi connectivity index (χ4n) is 1.74. The zero-order valence-corrected chi connectivity index (χ0v) is 11.3. The lowest BCUT2D eigenvalue weighted by Crippen LogP contribution is -2.30. The number of nitrogens with one attached hydrogen (secondary N) is 1. The van der Waals surface area contributed by atoms with Gasteiger partial charge in [-0.3, -0.25) is 5.32 Å². The summed E-state index contributed by atoms with van der Waals surface area (Å²) in [7, 11) is 0. The van der Waals surface area contributed by atoms with Crippen molar-refractivity contribution in [1.82, 2.24) is 0 Å². The topological polar surface area (TPSA) is 78.8 Å². The molecular weight excluding hydrogens is 246 g/mol. The van der Waals surface area contributed by atoms with E-state index in [0.29, 0.717) is 5.69 Å². The van der Waals surface area contributed by atoms with Crippen LogP contribution < -0.4 is 5.32 Å². The van der Waals surface area contributed by atoms with Crippen LogP contribution in [-0.2, 0) is 4.74 Å². The Kier molecular flexibility index (Phi) is 5.63. The third kappa shape index (κ3) is 5.18. The van der Waals surface area contributed by atoms with Crippen molar-refractivity contribution in [3.63, 3.8) is 0 Å². The summed E-state index contributed by atoms with van der Waals surface area (Å²) in [4.78, 5) is 11.6. The van der Waals surface area contributed by atoms with E-state index >= 15 is 0 Å². The summed E-state index contributed by atoms with van der Waals surface area (Å²) in [6.07, 6.45) is 1.14. The van der Waals surface area contributed by atoms with Gasteiger partial charge in [0.1, 0.15) is 12.4 Å². The van der Waals surface area contributed by atoms with E-state index in [4.69, 9.17) is 9.84 Å². The summed E-state index contributed by atoms with van der Waals surface area (Å²) < 4.78 is 5.11. The molecule has 1 aromatic rings.